The van der Waals surface area contributed by atoms with Gasteiger partial charge in [-0.3, -0.25) is 10.1 Å². The Labute approximate surface area is 67.3 Å². The molecule has 0 bridgehead atoms. The second kappa shape index (κ2) is 2.20. The van der Waals surface area contributed by atoms with Crippen molar-refractivity contribution >= 4 is 17.9 Å². The summed E-state index contributed by atoms with van der Waals surface area (Å²) in [6.45, 7) is 0.0512. The molecule has 0 aromatic carbocycles. The zero-order valence-electron chi connectivity index (χ0n) is 5.99. The van der Waals surface area contributed by atoms with Gasteiger partial charge in [0.2, 0.25) is 5.91 Å². The van der Waals surface area contributed by atoms with Crippen molar-refractivity contribution in [3.63, 3.8) is 0 Å². The van der Waals surface area contributed by atoms with Gasteiger partial charge in [-0.05, 0) is 0 Å². The van der Waals surface area contributed by atoms with E-state index in [-0.39, 0.29) is 6.61 Å². The number of rotatable bonds is 0. The molecule has 2 fully saturated rings. The maximum Gasteiger partial charge on any atom is 0.329 e. The van der Waals surface area contributed by atoms with Crippen molar-refractivity contribution in [1.82, 2.24) is 10.6 Å². The molecule has 2 heterocycles. The number of imide groups is 1. The number of nitrogens with one attached hydrogen (secondary N) is 2. The van der Waals surface area contributed by atoms with Gasteiger partial charge in [-0.2, -0.15) is 0 Å². The minimum Gasteiger partial charge on any atom is -0.463 e. The third-order valence-corrected chi connectivity index (χ3v) is 1.92. The van der Waals surface area contributed by atoms with Gasteiger partial charge < -0.3 is 10.1 Å². The first-order chi connectivity index (χ1) is 5.68. The molecule has 6 heteroatoms. The topological polar surface area (TPSA) is 84.5 Å². The highest BCUT2D eigenvalue weighted by Crippen LogP contribution is 2.17. The summed E-state index contributed by atoms with van der Waals surface area (Å²) in [5, 5.41) is 4.36. The number of urea groups is 1. The molecular weight excluding hydrogens is 164 g/mol. The monoisotopic (exact) mass is 170 g/mol. The molecule has 0 aromatic heterocycles. The summed E-state index contributed by atoms with van der Waals surface area (Å²) in [4.78, 5) is 32.6. The Hall–Kier alpha value is -1.59. The number of cyclic esters (lactones) is 1. The van der Waals surface area contributed by atoms with Gasteiger partial charge >= 0.3 is 12.0 Å². The van der Waals surface area contributed by atoms with E-state index in [1.807, 2.05) is 0 Å². The quantitative estimate of drug-likeness (QED) is 0.427. The van der Waals surface area contributed by atoms with Crippen LogP contribution in [-0.4, -0.2) is 30.6 Å². The second-order valence-corrected chi connectivity index (χ2v) is 2.68. The number of ether oxygens (including phenoxy) is 1. The van der Waals surface area contributed by atoms with Crippen molar-refractivity contribution in [3.8, 4) is 0 Å². The van der Waals surface area contributed by atoms with Gasteiger partial charge in [0.25, 0.3) is 0 Å². The second-order valence-electron chi connectivity index (χ2n) is 2.68. The maximum absolute atomic E-state index is 11.0. The summed E-state index contributed by atoms with van der Waals surface area (Å²) in [5.41, 5.74) is 0. The molecular formula is C6H6N2O4. The molecule has 0 aliphatic carbocycles. The van der Waals surface area contributed by atoms with Crippen molar-refractivity contribution < 1.29 is 19.1 Å². The van der Waals surface area contributed by atoms with Crippen LogP contribution in [0.1, 0.15) is 0 Å². The number of esters is 1. The average molecular weight is 170 g/mol. The third-order valence-electron chi connectivity index (χ3n) is 1.92. The summed E-state index contributed by atoms with van der Waals surface area (Å²) in [5.74, 6) is -1.55. The lowest BCUT2D eigenvalue weighted by molar-refractivity contribution is -0.139. The lowest BCUT2D eigenvalue weighted by Crippen LogP contribution is -2.58. The Balaban J connectivity index is 2.24. The number of hydrogen-bond donors (Lipinski definition) is 2. The van der Waals surface area contributed by atoms with Crippen molar-refractivity contribution in [1.29, 1.82) is 0 Å². The van der Waals surface area contributed by atoms with E-state index in [0.717, 1.165) is 0 Å². The lowest BCUT2D eigenvalue weighted by atomic mass is 10.0. The van der Waals surface area contributed by atoms with Gasteiger partial charge in [0.1, 0.15) is 18.6 Å². The van der Waals surface area contributed by atoms with Crippen molar-refractivity contribution in [3.05, 3.63) is 0 Å². The van der Waals surface area contributed by atoms with Gasteiger partial charge in [-0.15, -0.1) is 0 Å². The van der Waals surface area contributed by atoms with Crippen LogP contribution in [0.25, 0.3) is 0 Å². The standard InChI is InChI=1S/C6H6N2O4/c9-4-2-1-12-5(10)3(2)7-6(11)8-4/h2-3H,1H2,(H2,7,8,9,11). The van der Waals surface area contributed by atoms with Crippen LogP contribution in [0.5, 0.6) is 0 Å². The molecule has 0 saturated carbocycles. The summed E-state index contributed by atoms with van der Waals surface area (Å²) in [7, 11) is 0. The number of carbonyl (C=O) groups excluding carboxylic acids is 3. The molecule has 2 aliphatic rings. The van der Waals surface area contributed by atoms with E-state index >= 15 is 0 Å². The van der Waals surface area contributed by atoms with Crippen LogP contribution >= 0.6 is 0 Å². The van der Waals surface area contributed by atoms with Crippen LogP contribution in [0, 0.1) is 5.92 Å². The van der Waals surface area contributed by atoms with Gasteiger partial charge in [0.15, 0.2) is 0 Å². The first kappa shape index (κ1) is 7.08. The van der Waals surface area contributed by atoms with Crippen molar-refractivity contribution in [2.75, 3.05) is 6.61 Å². The Morgan fingerprint density at radius 3 is 2.83 bits per heavy atom. The number of amides is 3. The van der Waals surface area contributed by atoms with Crippen LogP contribution in [0.4, 0.5) is 4.79 Å². The molecule has 6 nitrogen and oxygen atoms in total. The van der Waals surface area contributed by atoms with Gasteiger partial charge in [-0.25, -0.2) is 9.59 Å². The van der Waals surface area contributed by atoms with Crippen molar-refractivity contribution in [2.45, 2.75) is 6.04 Å². The minimum absolute atomic E-state index is 0.0512. The summed E-state index contributed by atoms with van der Waals surface area (Å²) < 4.78 is 4.60. The average Bonchev–Trinajstić information content (AvgIpc) is 2.33. The lowest BCUT2D eigenvalue weighted by Gasteiger charge is -2.21. The fourth-order valence-corrected chi connectivity index (χ4v) is 1.29. The fourth-order valence-electron chi connectivity index (χ4n) is 1.29. The van der Waals surface area contributed by atoms with Crippen molar-refractivity contribution in [2.24, 2.45) is 5.92 Å². The summed E-state index contributed by atoms with van der Waals surface area (Å²) in [6, 6.07) is -1.42. The van der Waals surface area contributed by atoms with E-state index in [1.54, 1.807) is 0 Å². The zero-order valence-corrected chi connectivity index (χ0v) is 5.99. The minimum atomic E-state index is -0.786. The third kappa shape index (κ3) is 0.843. The molecule has 0 spiro atoms. The predicted molar refractivity (Wildman–Crippen MR) is 34.9 cm³/mol. The molecule has 2 atom stereocenters. The van der Waals surface area contributed by atoms with Gasteiger partial charge in [-0.1, -0.05) is 0 Å². The summed E-state index contributed by atoms with van der Waals surface area (Å²) >= 11 is 0. The molecule has 3 amide bonds. The largest absolute Gasteiger partial charge is 0.463 e. The molecule has 0 aromatic rings. The Morgan fingerprint density at radius 1 is 1.33 bits per heavy atom. The normalized spacial score (nSPS) is 33.5. The molecule has 2 saturated heterocycles. The highest BCUT2D eigenvalue weighted by molar-refractivity contribution is 6.04. The Bertz CT molecular complexity index is 275. The van der Waals surface area contributed by atoms with E-state index in [1.165, 1.54) is 0 Å². The number of fused-ring (bicyclic) bond motifs is 1. The van der Waals surface area contributed by atoms with Gasteiger partial charge in [0.05, 0.1) is 0 Å². The highest BCUT2D eigenvalue weighted by Gasteiger charge is 2.46. The molecule has 2 rings (SSSR count). The molecule has 2 aliphatic heterocycles. The molecule has 2 unspecified atom stereocenters. The van der Waals surface area contributed by atoms with Crippen LogP contribution in [0.2, 0.25) is 0 Å². The molecule has 0 radical (unpaired) electrons. The fraction of sp³-hybridized carbons (Fsp3) is 0.500. The first-order valence-corrected chi connectivity index (χ1v) is 3.46. The van der Waals surface area contributed by atoms with Crippen LogP contribution in [-0.2, 0) is 14.3 Å². The number of hydrogen-bond acceptors (Lipinski definition) is 4. The van der Waals surface area contributed by atoms with E-state index in [4.69, 9.17) is 0 Å². The molecule has 2 N–H and O–H groups in total. The van der Waals surface area contributed by atoms with E-state index in [0.29, 0.717) is 0 Å². The van der Waals surface area contributed by atoms with Crippen LogP contribution < -0.4 is 10.6 Å². The van der Waals surface area contributed by atoms with E-state index in [2.05, 4.69) is 15.4 Å². The molecule has 64 valence electrons. The zero-order chi connectivity index (χ0) is 8.72. The van der Waals surface area contributed by atoms with Crippen LogP contribution in [0.15, 0.2) is 0 Å². The Morgan fingerprint density at radius 2 is 2.08 bits per heavy atom. The number of carbonyl (C=O) groups is 3. The SMILES string of the molecule is O=C1NC(=O)C2COC(=O)C2N1. The maximum atomic E-state index is 11.0. The predicted octanol–water partition coefficient (Wildman–Crippen LogP) is -1.63. The molecule has 12 heavy (non-hydrogen) atoms. The van der Waals surface area contributed by atoms with Crippen LogP contribution in [0.3, 0.4) is 0 Å². The van der Waals surface area contributed by atoms with E-state index in [9.17, 15) is 14.4 Å². The first-order valence-electron chi connectivity index (χ1n) is 3.46. The highest BCUT2D eigenvalue weighted by atomic mass is 16.5. The van der Waals surface area contributed by atoms with E-state index < -0.39 is 29.9 Å². The van der Waals surface area contributed by atoms with Gasteiger partial charge in [0, 0.05) is 0 Å². The Kier molecular flexibility index (Phi) is 1.30. The summed E-state index contributed by atoms with van der Waals surface area (Å²) in [6.07, 6.45) is 0. The smallest absolute Gasteiger partial charge is 0.329 e.